The molecule has 1 atom stereocenters. The third kappa shape index (κ3) is 5.23. The molecule has 0 rings (SSSR count). The van der Waals surface area contributed by atoms with E-state index >= 15 is 0 Å². The number of Topliss-reactive ketones (excluding diaryl/α,β-unsaturated/α-hetero) is 1. The Balaban J connectivity index is 4.52. The fourth-order valence-electron chi connectivity index (χ4n) is 1.65. The summed E-state index contributed by atoms with van der Waals surface area (Å²) in [5.41, 5.74) is 5.43. The van der Waals surface area contributed by atoms with E-state index in [1.54, 1.807) is 4.90 Å². The van der Waals surface area contributed by atoms with Crippen molar-refractivity contribution in [1.82, 2.24) is 10.2 Å². The summed E-state index contributed by atoms with van der Waals surface area (Å²) in [6.07, 6.45) is 1.41. The Bertz CT molecular complexity index is 207. The first kappa shape index (κ1) is 15.1. The SMILES string of the molecule is CNCCN(C(C)=O)C(CCCN)C(C)=O. The van der Waals surface area contributed by atoms with E-state index in [0.717, 1.165) is 6.42 Å². The molecule has 16 heavy (non-hydrogen) atoms. The van der Waals surface area contributed by atoms with Gasteiger partial charge in [0.05, 0.1) is 6.04 Å². The number of nitrogens with zero attached hydrogens (tertiary/aromatic N) is 1. The number of ketones is 1. The van der Waals surface area contributed by atoms with E-state index in [4.69, 9.17) is 5.73 Å². The van der Waals surface area contributed by atoms with Crippen molar-refractivity contribution in [1.29, 1.82) is 0 Å². The van der Waals surface area contributed by atoms with Crippen LogP contribution >= 0.6 is 0 Å². The quantitative estimate of drug-likeness (QED) is 0.602. The average molecular weight is 229 g/mol. The standard InChI is InChI=1S/C11H23N3O2/c1-9(15)11(5-4-6-12)14(10(2)16)8-7-13-3/h11,13H,4-8,12H2,1-3H3. The topological polar surface area (TPSA) is 75.4 Å². The largest absolute Gasteiger partial charge is 0.332 e. The van der Waals surface area contributed by atoms with E-state index < -0.39 is 0 Å². The second kappa shape index (κ2) is 8.24. The van der Waals surface area contributed by atoms with Gasteiger partial charge < -0.3 is 16.0 Å². The fraction of sp³-hybridized carbons (Fsp3) is 0.818. The normalized spacial score (nSPS) is 12.2. The Kier molecular flexibility index (Phi) is 7.76. The molecule has 0 saturated heterocycles. The molecular formula is C11H23N3O2. The number of carbonyl (C=O) groups excluding carboxylic acids is 2. The van der Waals surface area contributed by atoms with Gasteiger partial charge >= 0.3 is 0 Å². The molecule has 0 spiro atoms. The van der Waals surface area contributed by atoms with Crippen LogP contribution in [0.5, 0.6) is 0 Å². The number of hydrogen-bond donors (Lipinski definition) is 2. The first-order valence-corrected chi connectivity index (χ1v) is 5.67. The summed E-state index contributed by atoms with van der Waals surface area (Å²) in [4.78, 5) is 24.6. The number of likely N-dealkylation sites (N-methyl/N-ethyl adjacent to an activating group) is 1. The summed E-state index contributed by atoms with van der Waals surface area (Å²) in [6, 6.07) is -0.325. The van der Waals surface area contributed by atoms with Gasteiger partial charge in [-0.1, -0.05) is 0 Å². The molecule has 1 unspecified atom stereocenters. The maximum absolute atomic E-state index is 11.5. The molecule has 0 aromatic heterocycles. The molecule has 0 aliphatic rings. The molecule has 5 nitrogen and oxygen atoms in total. The van der Waals surface area contributed by atoms with Gasteiger partial charge in [0.15, 0.2) is 5.78 Å². The first-order valence-electron chi connectivity index (χ1n) is 5.67. The monoisotopic (exact) mass is 229 g/mol. The molecule has 94 valence electrons. The summed E-state index contributed by atoms with van der Waals surface area (Å²) in [5, 5.41) is 2.97. The molecule has 0 aromatic carbocycles. The van der Waals surface area contributed by atoms with Gasteiger partial charge in [0, 0.05) is 20.0 Å². The van der Waals surface area contributed by atoms with Gasteiger partial charge in [0.2, 0.25) is 5.91 Å². The second-order valence-electron chi connectivity index (χ2n) is 3.87. The molecule has 1 amide bonds. The highest BCUT2D eigenvalue weighted by Gasteiger charge is 2.23. The average Bonchev–Trinajstić information content (AvgIpc) is 2.21. The third-order valence-electron chi connectivity index (χ3n) is 2.53. The molecule has 0 aliphatic carbocycles. The van der Waals surface area contributed by atoms with Crippen molar-refractivity contribution in [2.45, 2.75) is 32.7 Å². The lowest BCUT2D eigenvalue weighted by Gasteiger charge is -2.29. The Hall–Kier alpha value is -0.940. The van der Waals surface area contributed by atoms with Crippen molar-refractivity contribution in [3.8, 4) is 0 Å². The van der Waals surface area contributed by atoms with E-state index in [2.05, 4.69) is 5.32 Å². The van der Waals surface area contributed by atoms with Gasteiger partial charge in [-0.2, -0.15) is 0 Å². The number of rotatable bonds is 8. The maximum Gasteiger partial charge on any atom is 0.220 e. The van der Waals surface area contributed by atoms with E-state index in [-0.39, 0.29) is 17.7 Å². The predicted molar refractivity (Wildman–Crippen MR) is 64.1 cm³/mol. The van der Waals surface area contributed by atoms with Gasteiger partial charge in [0.1, 0.15) is 0 Å². The zero-order valence-corrected chi connectivity index (χ0v) is 10.5. The first-order chi connectivity index (χ1) is 7.54. The summed E-state index contributed by atoms with van der Waals surface area (Å²) in [5.74, 6) is -0.0350. The Labute approximate surface area is 97.4 Å². The van der Waals surface area contributed by atoms with Crippen LogP contribution < -0.4 is 11.1 Å². The van der Waals surface area contributed by atoms with Crippen LogP contribution in [-0.4, -0.2) is 49.3 Å². The van der Waals surface area contributed by atoms with Crippen LogP contribution in [0, 0.1) is 0 Å². The highest BCUT2D eigenvalue weighted by atomic mass is 16.2. The molecule has 5 heteroatoms. The maximum atomic E-state index is 11.5. The lowest BCUT2D eigenvalue weighted by Crippen LogP contribution is -2.46. The fourth-order valence-corrected chi connectivity index (χ4v) is 1.65. The Morgan fingerprint density at radius 1 is 1.38 bits per heavy atom. The minimum absolute atomic E-state index is 0.0275. The van der Waals surface area contributed by atoms with Crippen LogP contribution in [-0.2, 0) is 9.59 Å². The number of nitrogens with one attached hydrogen (secondary N) is 1. The van der Waals surface area contributed by atoms with Crippen molar-refractivity contribution in [3.63, 3.8) is 0 Å². The predicted octanol–water partition coefficient (Wildman–Crippen LogP) is -0.249. The molecular weight excluding hydrogens is 206 g/mol. The van der Waals surface area contributed by atoms with Gasteiger partial charge in [-0.15, -0.1) is 0 Å². The summed E-state index contributed by atoms with van der Waals surface area (Å²) in [6.45, 7) is 4.80. The van der Waals surface area contributed by atoms with Crippen LogP contribution in [0.2, 0.25) is 0 Å². The van der Waals surface area contributed by atoms with Gasteiger partial charge in [0.25, 0.3) is 0 Å². The smallest absolute Gasteiger partial charge is 0.220 e. The molecule has 0 saturated carbocycles. The number of carbonyl (C=O) groups is 2. The van der Waals surface area contributed by atoms with Crippen molar-refractivity contribution in [2.75, 3.05) is 26.7 Å². The van der Waals surface area contributed by atoms with Crippen molar-refractivity contribution in [3.05, 3.63) is 0 Å². The zero-order chi connectivity index (χ0) is 12.6. The summed E-state index contributed by atoms with van der Waals surface area (Å²) >= 11 is 0. The molecule has 0 aromatic rings. The molecule has 0 fully saturated rings. The number of amides is 1. The Morgan fingerprint density at radius 2 is 2.00 bits per heavy atom. The van der Waals surface area contributed by atoms with E-state index in [0.29, 0.717) is 26.1 Å². The molecule has 0 aliphatic heterocycles. The van der Waals surface area contributed by atoms with Gasteiger partial charge in [-0.05, 0) is 33.4 Å². The van der Waals surface area contributed by atoms with E-state index in [9.17, 15) is 9.59 Å². The molecule has 0 bridgehead atoms. The minimum Gasteiger partial charge on any atom is -0.332 e. The van der Waals surface area contributed by atoms with Crippen molar-refractivity contribution < 1.29 is 9.59 Å². The second-order valence-corrected chi connectivity index (χ2v) is 3.87. The highest BCUT2D eigenvalue weighted by molar-refractivity contribution is 5.86. The van der Waals surface area contributed by atoms with E-state index in [1.807, 2.05) is 7.05 Å². The van der Waals surface area contributed by atoms with Crippen LogP contribution in [0.1, 0.15) is 26.7 Å². The number of nitrogens with two attached hydrogens (primary N) is 1. The summed E-state index contributed by atoms with van der Waals surface area (Å²) < 4.78 is 0. The van der Waals surface area contributed by atoms with E-state index in [1.165, 1.54) is 13.8 Å². The molecule has 0 radical (unpaired) electrons. The number of hydrogen-bond acceptors (Lipinski definition) is 4. The van der Waals surface area contributed by atoms with Gasteiger partial charge in [-0.3, -0.25) is 9.59 Å². The highest BCUT2D eigenvalue weighted by Crippen LogP contribution is 2.08. The van der Waals surface area contributed by atoms with Crippen LogP contribution in [0.15, 0.2) is 0 Å². The van der Waals surface area contributed by atoms with Crippen LogP contribution in [0.25, 0.3) is 0 Å². The molecule has 0 heterocycles. The van der Waals surface area contributed by atoms with Crippen molar-refractivity contribution >= 4 is 11.7 Å². The van der Waals surface area contributed by atoms with Crippen LogP contribution in [0.4, 0.5) is 0 Å². The third-order valence-corrected chi connectivity index (χ3v) is 2.53. The van der Waals surface area contributed by atoms with Crippen molar-refractivity contribution in [2.24, 2.45) is 5.73 Å². The molecule has 3 N–H and O–H groups in total. The van der Waals surface area contributed by atoms with Crippen LogP contribution in [0.3, 0.4) is 0 Å². The van der Waals surface area contributed by atoms with Gasteiger partial charge in [-0.25, -0.2) is 0 Å². The Morgan fingerprint density at radius 3 is 2.38 bits per heavy atom. The lowest BCUT2D eigenvalue weighted by atomic mass is 10.1. The lowest BCUT2D eigenvalue weighted by molar-refractivity contribution is -0.137. The minimum atomic E-state index is -0.325. The summed E-state index contributed by atoms with van der Waals surface area (Å²) in [7, 11) is 1.82. The zero-order valence-electron chi connectivity index (χ0n) is 10.5.